The Labute approximate surface area is 79.2 Å². The number of rotatable bonds is 2. The van der Waals surface area contributed by atoms with Gasteiger partial charge in [-0.1, -0.05) is 6.07 Å². The van der Waals surface area contributed by atoms with Crippen LogP contribution in [0.5, 0.6) is 0 Å². The third-order valence-electron chi connectivity index (χ3n) is 3.21. The molecule has 0 radical (unpaired) electrons. The lowest BCUT2D eigenvalue weighted by Gasteiger charge is -2.05. The van der Waals surface area contributed by atoms with Gasteiger partial charge >= 0.3 is 0 Å². The van der Waals surface area contributed by atoms with E-state index < -0.39 is 0 Å². The van der Waals surface area contributed by atoms with Crippen LogP contribution < -0.4 is 0 Å². The van der Waals surface area contributed by atoms with Crippen molar-refractivity contribution in [3.63, 3.8) is 0 Å². The van der Waals surface area contributed by atoms with E-state index in [1.165, 1.54) is 42.5 Å². The molecule has 0 aromatic carbocycles. The predicted octanol–water partition coefficient (Wildman–Crippen LogP) is 3.14. The quantitative estimate of drug-likeness (QED) is 0.669. The van der Waals surface area contributed by atoms with Gasteiger partial charge in [0.15, 0.2) is 0 Å². The van der Waals surface area contributed by atoms with Crippen molar-refractivity contribution in [3.8, 4) is 0 Å². The first kappa shape index (κ1) is 7.54. The monoisotopic (exact) mass is 173 g/mol. The van der Waals surface area contributed by atoms with Gasteiger partial charge in [-0.3, -0.25) is 4.98 Å². The van der Waals surface area contributed by atoms with Gasteiger partial charge in [-0.05, 0) is 55.6 Å². The molecule has 2 saturated carbocycles. The standard InChI is InChI=1S/C12H15N/c1-8-12(10-4-5-10)6-11(7-13-8)9-2-3-9/h6-7,9-10H,2-5H2,1H3. The molecular formula is C12H15N. The van der Waals surface area contributed by atoms with Crippen LogP contribution in [0.15, 0.2) is 12.3 Å². The number of aromatic nitrogens is 1. The van der Waals surface area contributed by atoms with E-state index in [-0.39, 0.29) is 0 Å². The summed E-state index contributed by atoms with van der Waals surface area (Å²) in [5, 5.41) is 0. The molecule has 2 aliphatic rings. The Bertz CT molecular complexity index is 335. The maximum atomic E-state index is 4.50. The van der Waals surface area contributed by atoms with Crippen molar-refractivity contribution in [2.24, 2.45) is 0 Å². The molecule has 68 valence electrons. The van der Waals surface area contributed by atoms with Crippen molar-refractivity contribution in [2.45, 2.75) is 44.4 Å². The van der Waals surface area contributed by atoms with Crippen molar-refractivity contribution >= 4 is 0 Å². The first-order valence-corrected chi connectivity index (χ1v) is 5.31. The van der Waals surface area contributed by atoms with E-state index in [1.807, 2.05) is 0 Å². The molecule has 2 fully saturated rings. The SMILES string of the molecule is Cc1ncc(C2CC2)cc1C1CC1. The second kappa shape index (κ2) is 2.57. The second-order valence-corrected chi connectivity index (χ2v) is 4.49. The molecule has 2 aliphatic carbocycles. The minimum Gasteiger partial charge on any atom is -0.261 e. The molecule has 1 nitrogen and oxygen atoms in total. The van der Waals surface area contributed by atoms with Gasteiger partial charge in [-0.15, -0.1) is 0 Å². The highest BCUT2D eigenvalue weighted by atomic mass is 14.7. The fourth-order valence-electron chi connectivity index (χ4n) is 2.01. The molecule has 13 heavy (non-hydrogen) atoms. The molecule has 1 heterocycles. The Morgan fingerprint density at radius 2 is 1.85 bits per heavy atom. The average molecular weight is 173 g/mol. The van der Waals surface area contributed by atoms with Crippen LogP contribution in [0.3, 0.4) is 0 Å². The fourth-order valence-corrected chi connectivity index (χ4v) is 2.01. The number of nitrogens with zero attached hydrogens (tertiary/aromatic N) is 1. The molecule has 0 atom stereocenters. The minimum atomic E-state index is 0.852. The Kier molecular flexibility index (Phi) is 1.49. The van der Waals surface area contributed by atoms with Crippen molar-refractivity contribution < 1.29 is 0 Å². The van der Waals surface area contributed by atoms with Gasteiger partial charge in [0.05, 0.1) is 0 Å². The van der Waals surface area contributed by atoms with Crippen LogP contribution in [0.25, 0.3) is 0 Å². The van der Waals surface area contributed by atoms with Gasteiger partial charge < -0.3 is 0 Å². The highest BCUT2D eigenvalue weighted by molar-refractivity contribution is 5.33. The molecule has 0 bridgehead atoms. The lowest BCUT2D eigenvalue weighted by Crippen LogP contribution is -1.93. The van der Waals surface area contributed by atoms with E-state index in [4.69, 9.17) is 0 Å². The van der Waals surface area contributed by atoms with Crippen LogP contribution in [-0.2, 0) is 0 Å². The third-order valence-corrected chi connectivity index (χ3v) is 3.21. The van der Waals surface area contributed by atoms with E-state index in [0.717, 1.165) is 11.8 Å². The molecule has 0 unspecified atom stereocenters. The van der Waals surface area contributed by atoms with Crippen LogP contribution >= 0.6 is 0 Å². The summed E-state index contributed by atoms with van der Waals surface area (Å²) in [4.78, 5) is 4.50. The molecular weight excluding hydrogens is 158 g/mol. The van der Waals surface area contributed by atoms with Gasteiger partial charge in [-0.2, -0.15) is 0 Å². The zero-order valence-electron chi connectivity index (χ0n) is 8.09. The van der Waals surface area contributed by atoms with E-state index in [2.05, 4.69) is 24.2 Å². The van der Waals surface area contributed by atoms with Crippen molar-refractivity contribution in [3.05, 3.63) is 29.1 Å². The molecule has 0 saturated heterocycles. The number of hydrogen-bond acceptors (Lipinski definition) is 1. The Balaban J connectivity index is 1.99. The van der Waals surface area contributed by atoms with Gasteiger partial charge in [0.2, 0.25) is 0 Å². The maximum absolute atomic E-state index is 4.50. The van der Waals surface area contributed by atoms with Crippen LogP contribution in [-0.4, -0.2) is 4.98 Å². The van der Waals surface area contributed by atoms with Crippen LogP contribution in [0, 0.1) is 6.92 Å². The van der Waals surface area contributed by atoms with E-state index in [0.29, 0.717) is 0 Å². The molecule has 1 aromatic rings. The van der Waals surface area contributed by atoms with Crippen molar-refractivity contribution in [1.82, 2.24) is 4.98 Å². The lowest BCUT2D eigenvalue weighted by atomic mass is 10.0. The van der Waals surface area contributed by atoms with Crippen LogP contribution in [0.1, 0.15) is 54.3 Å². The van der Waals surface area contributed by atoms with Gasteiger partial charge in [0, 0.05) is 11.9 Å². The number of pyridine rings is 1. The number of hydrogen-bond donors (Lipinski definition) is 0. The van der Waals surface area contributed by atoms with E-state index in [9.17, 15) is 0 Å². The summed E-state index contributed by atoms with van der Waals surface area (Å²) in [5.41, 5.74) is 4.28. The van der Waals surface area contributed by atoms with E-state index >= 15 is 0 Å². The first-order valence-electron chi connectivity index (χ1n) is 5.31. The molecule has 0 spiro atoms. The maximum Gasteiger partial charge on any atom is 0.0407 e. The van der Waals surface area contributed by atoms with Gasteiger partial charge in [0.1, 0.15) is 0 Å². The highest BCUT2D eigenvalue weighted by Gasteiger charge is 2.29. The predicted molar refractivity (Wildman–Crippen MR) is 52.9 cm³/mol. The summed E-state index contributed by atoms with van der Waals surface area (Å²) in [6.07, 6.45) is 7.62. The minimum absolute atomic E-state index is 0.852. The number of aryl methyl sites for hydroxylation is 1. The Hall–Kier alpha value is -0.850. The summed E-state index contributed by atoms with van der Waals surface area (Å²) in [6.45, 7) is 2.14. The largest absolute Gasteiger partial charge is 0.261 e. The smallest absolute Gasteiger partial charge is 0.0407 e. The topological polar surface area (TPSA) is 12.9 Å². The Morgan fingerprint density at radius 3 is 2.46 bits per heavy atom. The lowest BCUT2D eigenvalue weighted by molar-refractivity contribution is 0.991. The zero-order valence-corrected chi connectivity index (χ0v) is 8.09. The molecule has 0 aliphatic heterocycles. The van der Waals surface area contributed by atoms with Crippen LogP contribution in [0.4, 0.5) is 0 Å². The van der Waals surface area contributed by atoms with Gasteiger partial charge in [-0.25, -0.2) is 0 Å². The zero-order chi connectivity index (χ0) is 8.84. The normalized spacial score (nSPS) is 21.9. The molecule has 0 N–H and O–H groups in total. The van der Waals surface area contributed by atoms with E-state index in [1.54, 1.807) is 0 Å². The Morgan fingerprint density at radius 1 is 1.15 bits per heavy atom. The molecule has 0 amide bonds. The van der Waals surface area contributed by atoms with Crippen molar-refractivity contribution in [1.29, 1.82) is 0 Å². The third kappa shape index (κ3) is 1.37. The molecule has 3 rings (SSSR count). The fraction of sp³-hybridized carbons (Fsp3) is 0.583. The summed E-state index contributed by atoms with van der Waals surface area (Å²) in [5.74, 6) is 1.71. The molecule has 1 heteroatoms. The molecule has 1 aromatic heterocycles. The summed E-state index contributed by atoms with van der Waals surface area (Å²) in [6, 6.07) is 2.41. The van der Waals surface area contributed by atoms with Crippen molar-refractivity contribution in [2.75, 3.05) is 0 Å². The highest BCUT2D eigenvalue weighted by Crippen LogP contribution is 2.45. The second-order valence-electron chi connectivity index (χ2n) is 4.49. The first-order chi connectivity index (χ1) is 6.34. The summed E-state index contributed by atoms with van der Waals surface area (Å²) >= 11 is 0. The summed E-state index contributed by atoms with van der Waals surface area (Å²) in [7, 11) is 0. The van der Waals surface area contributed by atoms with Gasteiger partial charge in [0.25, 0.3) is 0 Å². The summed E-state index contributed by atoms with van der Waals surface area (Å²) < 4.78 is 0. The average Bonchev–Trinajstić information content (AvgIpc) is 3.00. The van der Waals surface area contributed by atoms with Crippen LogP contribution in [0.2, 0.25) is 0 Å².